The van der Waals surface area contributed by atoms with Gasteiger partial charge in [-0.25, -0.2) is 0 Å². The van der Waals surface area contributed by atoms with Crippen molar-refractivity contribution in [2.45, 2.75) is 78.1 Å². The van der Waals surface area contributed by atoms with E-state index in [1.807, 2.05) is 0 Å². The molecule has 0 heterocycles. The summed E-state index contributed by atoms with van der Waals surface area (Å²) in [4.78, 5) is 0. The van der Waals surface area contributed by atoms with E-state index in [0.29, 0.717) is 5.41 Å². The summed E-state index contributed by atoms with van der Waals surface area (Å²) in [5.41, 5.74) is 2.02. The molecule has 0 saturated heterocycles. The molecular formula is C24H34. The van der Waals surface area contributed by atoms with Gasteiger partial charge in [0.15, 0.2) is 0 Å². The first kappa shape index (κ1) is 17.5. The molecule has 0 aliphatic heterocycles. The molecular weight excluding hydrogens is 288 g/mol. The van der Waals surface area contributed by atoms with Crippen molar-refractivity contribution in [3.05, 3.63) is 48.0 Å². The second kappa shape index (κ2) is 8.19. The van der Waals surface area contributed by atoms with Crippen molar-refractivity contribution in [1.82, 2.24) is 0 Å². The van der Waals surface area contributed by atoms with E-state index in [2.05, 4.69) is 56.3 Å². The van der Waals surface area contributed by atoms with Crippen LogP contribution in [0.5, 0.6) is 0 Å². The van der Waals surface area contributed by atoms with Crippen LogP contribution in [-0.4, -0.2) is 0 Å². The van der Waals surface area contributed by atoms with E-state index in [0.717, 1.165) is 5.92 Å². The molecule has 1 saturated carbocycles. The molecule has 2 aromatic carbocycles. The average Bonchev–Trinajstić information content (AvgIpc) is 2.61. The summed E-state index contributed by atoms with van der Waals surface area (Å²) in [6.07, 6.45) is 14.1. The van der Waals surface area contributed by atoms with Crippen molar-refractivity contribution in [2.75, 3.05) is 0 Å². The largest absolute Gasteiger partial charge is 0.0654 e. The monoisotopic (exact) mass is 322 g/mol. The molecule has 0 aromatic heterocycles. The van der Waals surface area contributed by atoms with E-state index in [-0.39, 0.29) is 0 Å². The number of benzene rings is 2. The van der Waals surface area contributed by atoms with Crippen molar-refractivity contribution in [1.29, 1.82) is 0 Å². The van der Waals surface area contributed by atoms with Gasteiger partial charge in [-0.05, 0) is 46.9 Å². The van der Waals surface area contributed by atoms with E-state index in [9.17, 15) is 0 Å². The maximum Gasteiger partial charge on any atom is -0.0152 e. The molecule has 24 heavy (non-hydrogen) atoms. The average molecular weight is 323 g/mol. The number of hydrogen-bond donors (Lipinski definition) is 0. The Morgan fingerprint density at radius 1 is 0.958 bits per heavy atom. The molecule has 3 rings (SSSR count). The smallest absolute Gasteiger partial charge is 0.0152 e. The minimum atomic E-state index is 0.460. The van der Waals surface area contributed by atoms with Crippen LogP contribution in [0.2, 0.25) is 0 Å². The molecule has 0 amide bonds. The third-order valence-corrected chi connectivity index (χ3v) is 6.14. The van der Waals surface area contributed by atoms with E-state index in [1.165, 1.54) is 75.0 Å². The van der Waals surface area contributed by atoms with Gasteiger partial charge in [-0.1, -0.05) is 101 Å². The van der Waals surface area contributed by atoms with E-state index >= 15 is 0 Å². The zero-order chi connectivity index (χ0) is 16.8. The molecule has 0 N–H and O–H groups in total. The van der Waals surface area contributed by atoms with Gasteiger partial charge in [0.2, 0.25) is 0 Å². The zero-order valence-electron chi connectivity index (χ0n) is 15.7. The van der Waals surface area contributed by atoms with Crippen molar-refractivity contribution < 1.29 is 0 Å². The van der Waals surface area contributed by atoms with Crippen LogP contribution >= 0.6 is 0 Å². The molecule has 2 aromatic rings. The lowest BCUT2D eigenvalue weighted by Crippen LogP contribution is -2.25. The molecule has 0 nitrogen and oxygen atoms in total. The third-order valence-electron chi connectivity index (χ3n) is 6.14. The van der Waals surface area contributed by atoms with Gasteiger partial charge in [0.25, 0.3) is 0 Å². The van der Waals surface area contributed by atoms with Crippen molar-refractivity contribution in [2.24, 2.45) is 11.3 Å². The van der Waals surface area contributed by atoms with Crippen LogP contribution in [0.15, 0.2) is 42.5 Å². The van der Waals surface area contributed by atoms with Crippen molar-refractivity contribution in [3.63, 3.8) is 0 Å². The minimum Gasteiger partial charge on any atom is -0.0654 e. The van der Waals surface area contributed by atoms with Gasteiger partial charge in [0.05, 0.1) is 0 Å². The number of unbranched alkanes of at least 4 members (excludes halogenated alkanes) is 1. The van der Waals surface area contributed by atoms with Gasteiger partial charge in [0, 0.05) is 0 Å². The fourth-order valence-electron chi connectivity index (χ4n) is 4.86. The molecule has 0 bridgehead atoms. The topological polar surface area (TPSA) is 0 Å². The maximum atomic E-state index is 2.57. The van der Waals surface area contributed by atoms with Gasteiger partial charge in [-0.15, -0.1) is 0 Å². The summed E-state index contributed by atoms with van der Waals surface area (Å²) in [6, 6.07) is 15.8. The lowest BCUT2D eigenvalue weighted by Gasteiger charge is -2.36. The van der Waals surface area contributed by atoms with Crippen LogP contribution in [0.4, 0.5) is 0 Å². The summed E-state index contributed by atoms with van der Waals surface area (Å²) in [7, 11) is 0. The van der Waals surface area contributed by atoms with Gasteiger partial charge in [0.1, 0.15) is 0 Å². The van der Waals surface area contributed by atoms with Gasteiger partial charge >= 0.3 is 0 Å². The quantitative estimate of drug-likeness (QED) is 0.493. The molecule has 1 aliphatic rings. The Bertz CT molecular complexity index is 630. The number of rotatable bonds is 7. The summed E-state index contributed by atoms with van der Waals surface area (Å²) in [5, 5.41) is 2.86. The normalized spacial score (nSPS) is 18.6. The Hall–Kier alpha value is -1.30. The predicted molar refractivity (Wildman–Crippen MR) is 106 cm³/mol. The van der Waals surface area contributed by atoms with E-state index in [1.54, 1.807) is 5.56 Å². The second-order valence-corrected chi connectivity index (χ2v) is 8.44. The van der Waals surface area contributed by atoms with E-state index < -0.39 is 0 Å². The number of fused-ring (bicyclic) bond motifs is 1. The molecule has 0 heteroatoms. The second-order valence-electron chi connectivity index (χ2n) is 8.44. The summed E-state index contributed by atoms with van der Waals surface area (Å²) < 4.78 is 0. The molecule has 1 unspecified atom stereocenters. The van der Waals surface area contributed by atoms with Crippen LogP contribution < -0.4 is 0 Å². The fourth-order valence-corrected chi connectivity index (χ4v) is 4.86. The van der Waals surface area contributed by atoms with Gasteiger partial charge in [-0.3, -0.25) is 0 Å². The first-order valence-electron chi connectivity index (χ1n) is 10.2. The first-order valence-corrected chi connectivity index (χ1v) is 10.2. The minimum absolute atomic E-state index is 0.460. The van der Waals surface area contributed by atoms with Crippen LogP contribution in [-0.2, 0) is 6.42 Å². The lowest BCUT2D eigenvalue weighted by molar-refractivity contribution is 0.184. The first-order chi connectivity index (χ1) is 11.7. The Morgan fingerprint density at radius 2 is 1.71 bits per heavy atom. The summed E-state index contributed by atoms with van der Waals surface area (Å²) in [5.74, 6) is 0.968. The summed E-state index contributed by atoms with van der Waals surface area (Å²) >= 11 is 0. The van der Waals surface area contributed by atoms with Crippen LogP contribution in [0, 0.1) is 11.3 Å². The fraction of sp³-hybridized carbons (Fsp3) is 0.583. The molecule has 0 radical (unpaired) electrons. The standard InChI is InChI=1S/C24H34/c1-3-4-17-24(2,18-20-11-6-5-7-12-20)19-22-15-10-14-21-13-8-9-16-23(21)22/h8-10,13-16,20H,3-7,11-12,17-19H2,1-2H3. The van der Waals surface area contributed by atoms with Gasteiger partial charge < -0.3 is 0 Å². The Kier molecular flexibility index (Phi) is 5.98. The SMILES string of the molecule is CCCCC(C)(Cc1cccc2ccccc12)CC1CCCCC1. The maximum absolute atomic E-state index is 2.57. The highest BCUT2D eigenvalue weighted by Crippen LogP contribution is 2.41. The third kappa shape index (κ3) is 4.41. The van der Waals surface area contributed by atoms with Gasteiger partial charge in [-0.2, -0.15) is 0 Å². The lowest BCUT2D eigenvalue weighted by atomic mass is 9.70. The molecule has 0 spiro atoms. The van der Waals surface area contributed by atoms with Crippen LogP contribution in [0.3, 0.4) is 0 Å². The summed E-state index contributed by atoms with van der Waals surface area (Å²) in [6.45, 7) is 4.90. The molecule has 1 aliphatic carbocycles. The van der Waals surface area contributed by atoms with Crippen molar-refractivity contribution in [3.8, 4) is 0 Å². The highest BCUT2D eigenvalue weighted by Gasteiger charge is 2.29. The zero-order valence-corrected chi connectivity index (χ0v) is 15.7. The Morgan fingerprint density at radius 3 is 2.50 bits per heavy atom. The van der Waals surface area contributed by atoms with Crippen LogP contribution in [0.25, 0.3) is 10.8 Å². The predicted octanol–water partition coefficient (Wildman–Crippen LogP) is 7.55. The Balaban J connectivity index is 1.81. The molecule has 130 valence electrons. The molecule has 1 atom stereocenters. The highest BCUT2D eigenvalue weighted by molar-refractivity contribution is 5.85. The highest BCUT2D eigenvalue weighted by atomic mass is 14.3. The van der Waals surface area contributed by atoms with E-state index in [4.69, 9.17) is 0 Å². The molecule has 1 fully saturated rings. The number of hydrogen-bond acceptors (Lipinski definition) is 0. The Labute approximate surface area is 148 Å². The van der Waals surface area contributed by atoms with Crippen LogP contribution in [0.1, 0.15) is 77.2 Å². The van der Waals surface area contributed by atoms with Crippen molar-refractivity contribution >= 4 is 10.8 Å².